The van der Waals surface area contributed by atoms with Crippen LogP contribution in [0.25, 0.3) is 0 Å². The minimum absolute atomic E-state index is 0.226. The molecule has 0 aliphatic carbocycles. The number of halogens is 4. The number of rotatable bonds is 1. The second-order valence-corrected chi connectivity index (χ2v) is 4.96. The van der Waals surface area contributed by atoms with E-state index in [2.05, 4.69) is 10.1 Å². The van der Waals surface area contributed by atoms with Gasteiger partial charge in [-0.1, -0.05) is 0 Å². The summed E-state index contributed by atoms with van der Waals surface area (Å²) in [4.78, 5) is 11.0. The van der Waals surface area contributed by atoms with Gasteiger partial charge in [0.25, 0.3) is 0 Å². The van der Waals surface area contributed by atoms with Crippen LogP contribution in [0.2, 0.25) is 0 Å². The SMILES string of the molecule is CC(=O)Nc1ccc2c(c1)C(C)(F)OC(C)(C(F)(F)F)O2. The van der Waals surface area contributed by atoms with Crippen molar-refractivity contribution in [3.05, 3.63) is 23.8 Å². The van der Waals surface area contributed by atoms with Gasteiger partial charge < -0.3 is 10.1 Å². The van der Waals surface area contributed by atoms with Gasteiger partial charge in [0, 0.05) is 19.5 Å². The first kappa shape index (κ1) is 15.6. The minimum atomic E-state index is -4.91. The molecule has 116 valence electrons. The van der Waals surface area contributed by atoms with Crippen LogP contribution in [-0.2, 0) is 15.4 Å². The van der Waals surface area contributed by atoms with Gasteiger partial charge >= 0.3 is 12.0 Å². The molecule has 1 aromatic carbocycles. The van der Waals surface area contributed by atoms with E-state index in [1.165, 1.54) is 19.1 Å². The predicted molar refractivity (Wildman–Crippen MR) is 65.4 cm³/mol. The summed E-state index contributed by atoms with van der Waals surface area (Å²) in [6, 6.07) is 3.65. The molecule has 0 spiro atoms. The molecule has 2 unspecified atom stereocenters. The first-order valence-corrected chi connectivity index (χ1v) is 6.01. The standard InChI is InChI=1S/C13H13F4NO3/c1-7(19)18-8-4-5-10-9(6-8)11(2,14)21-12(3,20-10)13(15,16)17/h4-6H,1-3H3,(H,18,19). The minimum Gasteiger partial charge on any atom is -0.453 e. The fourth-order valence-corrected chi connectivity index (χ4v) is 2.02. The van der Waals surface area contributed by atoms with E-state index in [4.69, 9.17) is 4.74 Å². The Morgan fingerprint density at radius 3 is 2.43 bits per heavy atom. The highest BCUT2D eigenvalue weighted by atomic mass is 19.4. The number of amides is 1. The number of benzene rings is 1. The van der Waals surface area contributed by atoms with Gasteiger partial charge in [-0.15, -0.1) is 0 Å². The Kier molecular flexibility index (Phi) is 3.40. The summed E-state index contributed by atoms with van der Waals surface area (Å²) >= 11 is 0. The fourth-order valence-electron chi connectivity index (χ4n) is 2.02. The summed E-state index contributed by atoms with van der Waals surface area (Å²) in [5.41, 5.74) is 0.00316. The summed E-state index contributed by atoms with van der Waals surface area (Å²) in [6.07, 6.45) is -4.91. The van der Waals surface area contributed by atoms with Crippen LogP contribution in [-0.4, -0.2) is 17.9 Å². The number of fused-ring (bicyclic) bond motifs is 1. The van der Waals surface area contributed by atoms with Gasteiger partial charge in [0.05, 0.1) is 5.56 Å². The third-order valence-electron chi connectivity index (χ3n) is 2.99. The molecular weight excluding hydrogens is 294 g/mol. The van der Waals surface area contributed by atoms with E-state index < -0.39 is 23.7 Å². The molecule has 2 rings (SSSR count). The lowest BCUT2D eigenvalue weighted by atomic mass is 10.0. The van der Waals surface area contributed by atoms with Crippen molar-refractivity contribution >= 4 is 11.6 Å². The molecule has 1 aliphatic rings. The van der Waals surface area contributed by atoms with Gasteiger partial charge in [-0.05, 0) is 25.1 Å². The van der Waals surface area contributed by atoms with Crippen LogP contribution >= 0.6 is 0 Å². The van der Waals surface area contributed by atoms with Crippen molar-refractivity contribution in [1.82, 2.24) is 0 Å². The van der Waals surface area contributed by atoms with Crippen LogP contribution < -0.4 is 10.1 Å². The molecule has 1 heterocycles. The van der Waals surface area contributed by atoms with Crippen molar-refractivity contribution in [2.45, 2.75) is 38.6 Å². The first-order valence-electron chi connectivity index (χ1n) is 6.01. The van der Waals surface area contributed by atoms with Crippen molar-refractivity contribution in [2.24, 2.45) is 0 Å². The second kappa shape index (κ2) is 4.59. The first-order chi connectivity index (χ1) is 9.45. The molecular formula is C13H13F4NO3. The normalized spacial score (nSPS) is 28.5. The van der Waals surface area contributed by atoms with Crippen molar-refractivity contribution in [2.75, 3.05) is 5.32 Å². The average molecular weight is 307 g/mol. The van der Waals surface area contributed by atoms with Crippen LogP contribution in [0.4, 0.5) is 23.2 Å². The van der Waals surface area contributed by atoms with Gasteiger partial charge in [-0.25, -0.2) is 4.39 Å². The van der Waals surface area contributed by atoms with Gasteiger partial charge in [0.15, 0.2) is 0 Å². The molecule has 2 atom stereocenters. The van der Waals surface area contributed by atoms with Crippen molar-refractivity contribution in [1.29, 1.82) is 0 Å². The van der Waals surface area contributed by atoms with Crippen LogP contribution in [0.5, 0.6) is 5.75 Å². The molecule has 0 aromatic heterocycles. The highest BCUT2D eigenvalue weighted by Crippen LogP contribution is 2.49. The Morgan fingerprint density at radius 1 is 1.29 bits per heavy atom. The number of anilines is 1. The zero-order valence-electron chi connectivity index (χ0n) is 11.5. The fraction of sp³-hybridized carbons (Fsp3) is 0.462. The lowest BCUT2D eigenvalue weighted by Crippen LogP contribution is -2.55. The van der Waals surface area contributed by atoms with E-state index in [9.17, 15) is 22.4 Å². The Hall–Kier alpha value is -1.83. The quantitative estimate of drug-likeness (QED) is 0.808. The number of hydrogen-bond donors (Lipinski definition) is 1. The van der Waals surface area contributed by atoms with Crippen LogP contribution in [0.3, 0.4) is 0 Å². The zero-order valence-corrected chi connectivity index (χ0v) is 11.5. The number of alkyl halides is 4. The van der Waals surface area contributed by atoms with E-state index in [1.54, 1.807) is 0 Å². The van der Waals surface area contributed by atoms with Crippen LogP contribution in [0.1, 0.15) is 26.3 Å². The maximum absolute atomic E-state index is 14.5. The molecule has 0 fully saturated rings. The Morgan fingerprint density at radius 2 is 1.90 bits per heavy atom. The molecule has 0 saturated heterocycles. The highest BCUT2D eigenvalue weighted by Gasteiger charge is 2.61. The molecule has 0 bridgehead atoms. The van der Waals surface area contributed by atoms with Gasteiger partial charge in [-0.3, -0.25) is 9.53 Å². The summed E-state index contributed by atoms with van der Waals surface area (Å²) in [5.74, 6) is -6.49. The predicted octanol–water partition coefficient (Wildman–Crippen LogP) is 3.47. The largest absolute Gasteiger partial charge is 0.455 e. The average Bonchev–Trinajstić information content (AvgIpc) is 2.27. The van der Waals surface area contributed by atoms with Crippen molar-refractivity contribution in [3.8, 4) is 5.75 Å². The van der Waals surface area contributed by atoms with Crippen LogP contribution in [0.15, 0.2) is 18.2 Å². The topological polar surface area (TPSA) is 47.6 Å². The van der Waals surface area contributed by atoms with Crippen LogP contribution in [0, 0.1) is 0 Å². The summed E-state index contributed by atoms with van der Waals surface area (Å²) in [6.45, 7) is 2.72. The molecule has 0 radical (unpaired) electrons. The Labute approximate surface area is 118 Å². The maximum atomic E-state index is 14.5. The lowest BCUT2D eigenvalue weighted by molar-refractivity contribution is -0.403. The molecule has 8 heteroatoms. The number of carbonyl (C=O) groups excluding carboxylic acids is 1. The van der Waals surface area contributed by atoms with Crippen molar-refractivity contribution < 1.29 is 31.8 Å². The molecule has 21 heavy (non-hydrogen) atoms. The summed E-state index contributed by atoms with van der Waals surface area (Å²) in [5, 5.41) is 2.40. The third-order valence-corrected chi connectivity index (χ3v) is 2.99. The Bertz CT molecular complexity index is 585. The number of carbonyl (C=O) groups is 1. The molecule has 4 nitrogen and oxygen atoms in total. The summed E-state index contributed by atoms with van der Waals surface area (Å²) < 4.78 is 62.6. The lowest BCUT2D eigenvalue weighted by Gasteiger charge is -2.42. The molecule has 1 aliphatic heterocycles. The monoisotopic (exact) mass is 307 g/mol. The van der Waals surface area contributed by atoms with E-state index in [-0.39, 0.29) is 17.0 Å². The highest BCUT2D eigenvalue weighted by molar-refractivity contribution is 5.88. The van der Waals surface area contributed by atoms with Gasteiger partial charge in [0.2, 0.25) is 11.8 Å². The molecule has 1 aromatic rings. The number of ether oxygens (including phenoxy) is 2. The third kappa shape index (κ3) is 2.80. The molecule has 1 N–H and O–H groups in total. The van der Waals surface area contributed by atoms with E-state index in [0.717, 1.165) is 13.0 Å². The van der Waals surface area contributed by atoms with E-state index >= 15 is 0 Å². The molecule has 0 saturated carbocycles. The second-order valence-electron chi connectivity index (χ2n) is 4.96. The number of nitrogens with one attached hydrogen (secondary N) is 1. The van der Waals surface area contributed by atoms with Crippen molar-refractivity contribution in [3.63, 3.8) is 0 Å². The maximum Gasteiger partial charge on any atom is 0.455 e. The van der Waals surface area contributed by atoms with Gasteiger partial charge in [-0.2, -0.15) is 13.2 Å². The van der Waals surface area contributed by atoms with E-state index in [1.807, 2.05) is 0 Å². The summed E-state index contributed by atoms with van der Waals surface area (Å²) in [7, 11) is 0. The smallest absolute Gasteiger partial charge is 0.453 e. The van der Waals surface area contributed by atoms with Gasteiger partial charge in [0.1, 0.15) is 5.75 Å². The Balaban J connectivity index is 2.47. The molecule has 1 amide bonds. The zero-order chi connectivity index (χ0) is 16.1. The van der Waals surface area contributed by atoms with E-state index in [0.29, 0.717) is 6.92 Å². The number of hydrogen-bond acceptors (Lipinski definition) is 3.